The average molecular weight is 382 g/mol. The fraction of sp³-hybridized carbons (Fsp3) is 0.478. The van der Waals surface area contributed by atoms with Gasteiger partial charge in [0.15, 0.2) is 0 Å². The summed E-state index contributed by atoms with van der Waals surface area (Å²) in [6.07, 6.45) is 5.11. The van der Waals surface area contributed by atoms with Crippen molar-refractivity contribution in [3.05, 3.63) is 58.9 Å². The first-order chi connectivity index (χ1) is 13.2. The van der Waals surface area contributed by atoms with E-state index in [1.54, 1.807) is 0 Å². The summed E-state index contributed by atoms with van der Waals surface area (Å²) in [5.74, 6) is 0.177. The average Bonchev–Trinajstić information content (AvgIpc) is 3.18. The minimum absolute atomic E-state index is 0.0425. The summed E-state index contributed by atoms with van der Waals surface area (Å²) in [6.45, 7) is 10.9. The van der Waals surface area contributed by atoms with Crippen LogP contribution in [0.1, 0.15) is 55.6 Å². The molecular weight excluding hydrogens is 350 g/mol. The third-order valence-electron chi connectivity index (χ3n) is 5.40. The van der Waals surface area contributed by atoms with Gasteiger partial charge < -0.3 is 10.1 Å². The molecule has 1 aromatic heterocycles. The molecule has 0 spiro atoms. The van der Waals surface area contributed by atoms with Crippen molar-refractivity contribution in [3.63, 3.8) is 0 Å². The van der Waals surface area contributed by atoms with E-state index in [9.17, 15) is 4.79 Å². The number of aromatic nitrogens is 2. The van der Waals surface area contributed by atoms with Crippen molar-refractivity contribution < 1.29 is 9.53 Å². The molecule has 0 fully saturated rings. The molecule has 1 heterocycles. The van der Waals surface area contributed by atoms with E-state index in [4.69, 9.17) is 9.84 Å². The highest BCUT2D eigenvalue weighted by atomic mass is 16.5. The SMILES string of the molecule is COCC(=O)NC1C=CC(c2c(C)nn(-c3ccc(C(C)(C)C)cc3)c2C)C1. The highest BCUT2D eigenvalue weighted by Gasteiger charge is 2.27. The standard InChI is InChI=1S/C23H31N3O2/c1-15-22(17-7-10-19(13-17)24-21(27)14-28-6)16(2)26(25-15)20-11-8-18(9-12-20)23(3,4)5/h7-12,17,19H,13-14H2,1-6H3,(H,24,27). The zero-order chi connectivity index (χ0) is 20.5. The van der Waals surface area contributed by atoms with E-state index < -0.39 is 0 Å². The van der Waals surface area contributed by atoms with Gasteiger partial charge in [0.2, 0.25) is 5.91 Å². The maximum atomic E-state index is 11.8. The molecule has 0 radical (unpaired) electrons. The zero-order valence-corrected chi connectivity index (χ0v) is 17.7. The number of benzene rings is 1. The van der Waals surface area contributed by atoms with Crippen molar-refractivity contribution in [2.45, 2.75) is 58.4 Å². The third-order valence-corrected chi connectivity index (χ3v) is 5.40. The maximum absolute atomic E-state index is 11.8. The fourth-order valence-electron chi connectivity index (χ4n) is 3.95. The second-order valence-electron chi connectivity index (χ2n) is 8.63. The molecule has 1 aliphatic rings. The van der Waals surface area contributed by atoms with Gasteiger partial charge in [-0.2, -0.15) is 5.10 Å². The number of rotatable bonds is 5. The van der Waals surface area contributed by atoms with Gasteiger partial charge in [0.25, 0.3) is 0 Å². The van der Waals surface area contributed by atoms with Crippen LogP contribution in [0.3, 0.4) is 0 Å². The van der Waals surface area contributed by atoms with Crippen molar-refractivity contribution >= 4 is 5.91 Å². The molecule has 1 aromatic carbocycles. The van der Waals surface area contributed by atoms with E-state index in [2.05, 4.69) is 76.4 Å². The van der Waals surface area contributed by atoms with Crippen LogP contribution < -0.4 is 5.32 Å². The van der Waals surface area contributed by atoms with Crippen LogP contribution in [0.4, 0.5) is 0 Å². The van der Waals surface area contributed by atoms with Gasteiger partial charge in [0.05, 0.1) is 11.4 Å². The molecule has 150 valence electrons. The summed E-state index contributed by atoms with van der Waals surface area (Å²) in [6, 6.07) is 8.69. The molecule has 0 saturated heterocycles. The number of amides is 1. The van der Waals surface area contributed by atoms with Crippen LogP contribution in [0.2, 0.25) is 0 Å². The summed E-state index contributed by atoms with van der Waals surface area (Å²) in [5, 5.41) is 7.81. The smallest absolute Gasteiger partial charge is 0.246 e. The molecule has 2 unspecified atom stereocenters. The summed E-state index contributed by atoms with van der Waals surface area (Å²) in [4.78, 5) is 11.8. The van der Waals surface area contributed by atoms with Gasteiger partial charge in [-0.1, -0.05) is 45.1 Å². The topological polar surface area (TPSA) is 56.1 Å². The minimum atomic E-state index is -0.0825. The molecule has 3 rings (SSSR count). The molecule has 5 heteroatoms. The molecule has 2 aromatic rings. The van der Waals surface area contributed by atoms with Crippen molar-refractivity contribution in [1.29, 1.82) is 0 Å². The quantitative estimate of drug-likeness (QED) is 0.798. The van der Waals surface area contributed by atoms with Crippen LogP contribution in [-0.4, -0.2) is 35.4 Å². The Balaban J connectivity index is 1.80. The van der Waals surface area contributed by atoms with Crippen LogP contribution in [0.5, 0.6) is 0 Å². The van der Waals surface area contributed by atoms with Crippen LogP contribution in [0.25, 0.3) is 5.69 Å². The maximum Gasteiger partial charge on any atom is 0.246 e. The molecule has 0 saturated carbocycles. The Bertz CT molecular complexity index is 872. The van der Waals surface area contributed by atoms with Gasteiger partial charge in [0, 0.05) is 30.3 Å². The Morgan fingerprint density at radius 1 is 1.21 bits per heavy atom. The van der Waals surface area contributed by atoms with Gasteiger partial charge in [-0.25, -0.2) is 4.68 Å². The molecule has 0 bridgehead atoms. The van der Waals surface area contributed by atoms with E-state index in [0.717, 1.165) is 23.5 Å². The Labute approximate surface area is 167 Å². The van der Waals surface area contributed by atoms with E-state index in [1.165, 1.54) is 18.2 Å². The van der Waals surface area contributed by atoms with Crippen LogP contribution in [0, 0.1) is 13.8 Å². The Morgan fingerprint density at radius 3 is 2.50 bits per heavy atom. The third kappa shape index (κ3) is 4.20. The molecule has 2 atom stereocenters. The summed E-state index contributed by atoms with van der Waals surface area (Å²) in [7, 11) is 1.53. The molecule has 1 N–H and O–H groups in total. The van der Waals surface area contributed by atoms with Crippen LogP contribution in [-0.2, 0) is 14.9 Å². The Morgan fingerprint density at radius 2 is 1.89 bits per heavy atom. The van der Waals surface area contributed by atoms with Crippen molar-refractivity contribution in [1.82, 2.24) is 15.1 Å². The van der Waals surface area contributed by atoms with Gasteiger partial charge in [-0.15, -0.1) is 0 Å². The summed E-state index contributed by atoms with van der Waals surface area (Å²) in [5.41, 5.74) is 5.96. The van der Waals surface area contributed by atoms with Gasteiger partial charge in [-0.3, -0.25) is 4.79 Å². The lowest BCUT2D eigenvalue weighted by molar-refractivity contribution is -0.125. The van der Waals surface area contributed by atoms with E-state index in [-0.39, 0.29) is 29.9 Å². The first-order valence-corrected chi connectivity index (χ1v) is 9.84. The number of hydrogen-bond acceptors (Lipinski definition) is 3. The van der Waals surface area contributed by atoms with Gasteiger partial charge in [-0.05, 0) is 43.4 Å². The monoisotopic (exact) mass is 381 g/mol. The Hall–Kier alpha value is -2.40. The summed E-state index contributed by atoms with van der Waals surface area (Å²) >= 11 is 0. The number of nitrogens with one attached hydrogen (secondary N) is 1. The van der Waals surface area contributed by atoms with Gasteiger partial charge >= 0.3 is 0 Å². The molecule has 0 aliphatic heterocycles. The highest BCUT2D eigenvalue weighted by molar-refractivity contribution is 5.77. The largest absolute Gasteiger partial charge is 0.375 e. The Kier molecular flexibility index (Phi) is 5.75. The number of carbonyl (C=O) groups excluding carboxylic acids is 1. The number of allylic oxidation sites excluding steroid dienone is 1. The second kappa shape index (κ2) is 7.92. The predicted octanol–water partition coefficient (Wildman–Crippen LogP) is 3.96. The molecule has 1 aliphatic carbocycles. The van der Waals surface area contributed by atoms with Crippen LogP contribution >= 0.6 is 0 Å². The zero-order valence-electron chi connectivity index (χ0n) is 17.7. The van der Waals surface area contributed by atoms with Crippen molar-refractivity contribution in [3.8, 4) is 5.69 Å². The molecule has 28 heavy (non-hydrogen) atoms. The van der Waals surface area contributed by atoms with Crippen molar-refractivity contribution in [2.24, 2.45) is 0 Å². The molecule has 1 amide bonds. The lowest BCUT2D eigenvalue weighted by Crippen LogP contribution is -2.35. The minimum Gasteiger partial charge on any atom is -0.375 e. The van der Waals surface area contributed by atoms with E-state index in [1.807, 2.05) is 4.68 Å². The first kappa shape index (κ1) is 20.3. The van der Waals surface area contributed by atoms with Crippen molar-refractivity contribution in [2.75, 3.05) is 13.7 Å². The molecule has 5 nitrogen and oxygen atoms in total. The van der Waals surface area contributed by atoms with E-state index in [0.29, 0.717) is 0 Å². The lowest BCUT2D eigenvalue weighted by atomic mass is 9.87. The lowest BCUT2D eigenvalue weighted by Gasteiger charge is -2.19. The highest BCUT2D eigenvalue weighted by Crippen LogP contribution is 2.34. The molecular formula is C23H31N3O2. The number of ether oxygens (including phenoxy) is 1. The number of nitrogens with zero attached hydrogens (tertiary/aromatic N) is 2. The first-order valence-electron chi connectivity index (χ1n) is 9.84. The predicted molar refractivity (Wildman–Crippen MR) is 112 cm³/mol. The van der Waals surface area contributed by atoms with Crippen LogP contribution in [0.15, 0.2) is 36.4 Å². The summed E-state index contributed by atoms with van der Waals surface area (Å²) < 4.78 is 6.93. The van der Waals surface area contributed by atoms with E-state index >= 15 is 0 Å². The number of aryl methyl sites for hydroxylation is 1. The normalized spacial score (nSPS) is 19.2. The second-order valence-corrected chi connectivity index (χ2v) is 8.63. The van der Waals surface area contributed by atoms with Gasteiger partial charge in [0.1, 0.15) is 6.61 Å². The number of methoxy groups -OCH3 is 1. The fourth-order valence-corrected chi connectivity index (χ4v) is 3.95. The number of hydrogen-bond donors (Lipinski definition) is 1. The number of carbonyl (C=O) groups is 1.